The molecule has 3 aromatic carbocycles. The van der Waals surface area contributed by atoms with E-state index in [0.717, 1.165) is 24.0 Å². The summed E-state index contributed by atoms with van der Waals surface area (Å²) in [6, 6.07) is 13.1. The number of sulfone groups is 1. The summed E-state index contributed by atoms with van der Waals surface area (Å²) < 4.78 is 79.3. The van der Waals surface area contributed by atoms with Crippen LogP contribution in [0, 0.1) is 11.6 Å². The standard InChI is InChI=1S/C24H21F2NO5S2/c1-33(29,30)18-9-11-19(12-10-18)34(31,32)27-13-3-4-17-8-7-16(14-22(17)27)15-23(28)24-20(25)5-2-6-21(24)26/h2,5-12,14H,3-4,13,15H2,1H3. The Kier molecular flexibility index (Phi) is 6.30. The summed E-state index contributed by atoms with van der Waals surface area (Å²) in [6.45, 7) is 0.197. The van der Waals surface area contributed by atoms with Crippen LogP contribution in [0.1, 0.15) is 27.9 Å². The lowest BCUT2D eigenvalue weighted by molar-refractivity contribution is 0.0985. The van der Waals surface area contributed by atoms with Crippen LogP contribution in [-0.2, 0) is 32.7 Å². The molecule has 0 bridgehead atoms. The second kappa shape index (κ2) is 8.92. The quantitative estimate of drug-likeness (QED) is 0.474. The first-order valence-corrected chi connectivity index (χ1v) is 13.7. The molecule has 0 spiro atoms. The van der Waals surface area contributed by atoms with Crippen molar-refractivity contribution < 1.29 is 30.4 Å². The first-order valence-electron chi connectivity index (χ1n) is 10.4. The molecule has 0 saturated heterocycles. The highest BCUT2D eigenvalue weighted by atomic mass is 32.2. The van der Waals surface area contributed by atoms with E-state index in [1.165, 1.54) is 34.6 Å². The van der Waals surface area contributed by atoms with Gasteiger partial charge in [0.1, 0.15) is 11.6 Å². The Morgan fingerprint density at radius 3 is 2.15 bits per heavy atom. The molecule has 10 heteroatoms. The van der Waals surface area contributed by atoms with Gasteiger partial charge in [0.2, 0.25) is 0 Å². The Bertz CT molecular complexity index is 1460. The normalized spacial score (nSPS) is 14.0. The van der Waals surface area contributed by atoms with Crippen molar-refractivity contribution >= 4 is 31.3 Å². The molecule has 0 fully saturated rings. The average Bonchev–Trinajstić information content (AvgIpc) is 2.78. The van der Waals surface area contributed by atoms with E-state index in [2.05, 4.69) is 0 Å². The number of anilines is 1. The summed E-state index contributed by atoms with van der Waals surface area (Å²) in [4.78, 5) is 12.5. The SMILES string of the molecule is CS(=O)(=O)c1ccc(S(=O)(=O)N2CCCc3ccc(CC(=O)c4c(F)cccc4F)cc32)cc1. The molecular formula is C24H21F2NO5S2. The van der Waals surface area contributed by atoms with Gasteiger partial charge in [-0.1, -0.05) is 18.2 Å². The van der Waals surface area contributed by atoms with E-state index in [0.29, 0.717) is 24.1 Å². The van der Waals surface area contributed by atoms with E-state index < -0.39 is 42.8 Å². The predicted octanol–water partition coefficient (Wildman–Crippen LogP) is 3.94. The molecule has 0 aromatic heterocycles. The number of Topliss-reactive ketones (excluding diaryl/α,β-unsaturated/α-hetero) is 1. The molecule has 1 aliphatic rings. The highest BCUT2D eigenvalue weighted by molar-refractivity contribution is 7.93. The van der Waals surface area contributed by atoms with Gasteiger partial charge in [-0.25, -0.2) is 25.6 Å². The zero-order valence-corrected chi connectivity index (χ0v) is 19.8. The number of carbonyl (C=O) groups excluding carboxylic acids is 1. The van der Waals surface area contributed by atoms with Crippen LogP contribution in [0.5, 0.6) is 0 Å². The minimum absolute atomic E-state index is 0.00618. The molecule has 1 heterocycles. The third-order valence-electron chi connectivity index (χ3n) is 5.67. The molecule has 0 atom stereocenters. The van der Waals surface area contributed by atoms with Gasteiger partial charge in [-0.05, 0) is 66.4 Å². The van der Waals surface area contributed by atoms with E-state index >= 15 is 0 Å². The smallest absolute Gasteiger partial charge is 0.264 e. The highest BCUT2D eigenvalue weighted by Crippen LogP contribution is 2.33. The number of rotatable bonds is 6. The highest BCUT2D eigenvalue weighted by Gasteiger charge is 2.30. The maximum Gasteiger partial charge on any atom is 0.264 e. The summed E-state index contributed by atoms with van der Waals surface area (Å²) in [5, 5.41) is 0. The molecule has 1 aliphatic heterocycles. The van der Waals surface area contributed by atoms with E-state index in [4.69, 9.17) is 0 Å². The van der Waals surface area contributed by atoms with Crippen molar-refractivity contribution in [1.82, 2.24) is 0 Å². The third kappa shape index (κ3) is 4.60. The van der Waals surface area contributed by atoms with Gasteiger partial charge in [-0.2, -0.15) is 0 Å². The van der Waals surface area contributed by atoms with E-state index in [1.54, 1.807) is 18.2 Å². The van der Waals surface area contributed by atoms with Crippen molar-refractivity contribution in [2.75, 3.05) is 17.1 Å². The van der Waals surface area contributed by atoms with Crippen molar-refractivity contribution in [1.29, 1.82) is 0 Å². The summed E-state index contributed by atoms with van der Waals surface area (Å²) in [7, 11) is -7.49. The fourth-order valence-electron chi connectivity index (χ4n) is 3.97. The van der Waals surface area contributed by atoms with Crippen LogP contribution >= 0.6 is 0 Å². The Labute approximate surface area is 196 Å². The summed E-state index contributed by atoms with van der Waals surface area (Å²) in [5.41, 5.74) is 0.935. The first kappa shape index (κ1) is 24.0. The lowest BCUT2D eigenvalue weighted by Crippen LogP contribution is -2.35. The minimum Gasteiger partial charge on any atom is -0.294 e. The van der Waals surface area contributed by atoms with Crippen LogP contribution in [0.2, 0.25) is 0 Å². The lowest BCUT2D eigenvalue weighted by Gasteiger charge is -2.31. The molecule has 6 nitrogen and oxygen atoms in total. The van der Waals surface area contributed by atoms with Gasteiger partial charge >= 0.3 is 0 Å². The lowest BCUT2D eigenvalue weighted by atomic mass is 9.97. The largest absolute Gasteiger partial charge is 0.294 e. The molecule has 3 aromatic rings. The Morgan fingerprint density at radius 1 is 0.912 bits per heavy atom. The zero-order chi connectivity index (χ0) is 24.7. The molecular weight excluding hydrogens is 484 g/mol. The fraction of sp³-hybridized carbons (Fsp3) is 0.208. The molecule has 178 valence electrons. The van der Waals surface area contributed by atoms with Gasteiger partial charge in [0.25, 0.3) is 10.0 Å². The number of halogens is 2. The number of hydrogen-bond donors (Lipinski definition) is 0. The van der Waals surface area contributed by atoms with Crippen LogP contribution in [-0.4, -0.2) is 35.4 Å². The minimum atomic E-state index is -4.01. The zero-order valence-electron chi connectivity index (χ0n) is 18.2. The van der Waals surface area contributed by atoms with Crippen molar-refractivity contribution in [3.05, 3.63) is 89.0 Å². The Balaban J connectivity index is 1.67. The van der Waals surface area contributed by atoms with E-state index in [1.807, 2.05) is 0 Å². The topological polar surface area (TPSA) is 88.6 Å². The monoisotopic (exact) mass is 505 g/mol. The van der Waals surface area contributed by atoms with Crippen LogP contribution in [0.15, 0.2) is 70.5 Å². The van der Waals surface area contributed by atoms with Gasteiger partial charge in [-0.3, -0.25) is 9.10 Å². The van der Waals surface area contributed by atoms with Crippen molar-refractivity contribution in [2.24, 2.45) is 0 Å². The Morgan fingerprint density at radius 2 is 1.53 bits per heavy atom. The van der Waals surface area contributed by atoms with E-state index in [9.17, 15) is 30.4 Å². The van der Waals surface area contributed by atoms with Crippen molar-refractivity contribution in [3.63, 3.8) is 0 Å². The number of benzene rings is 3. The summed E-state index contributed by atoms with van der Waals surface area (Å²) >= 11 is 0. The van der Waals surface area contributed by atoms with Crippen molar-refractivity contribution in [2.45, 2.75) is 29.1 Å². The predicted molar refractivity (Wildman–Crippen MR) is 123 cm³/mol. The number of sulfonamides is 1. The van der Waals surface area contributed by atoms with Crippen LogP contribution in [0.25, 0.3) is 0 Å². The molecule has 0 radical (unpaired) electrons. The maximum absolute atomic E-state index is 14.0. The number of fused-ring (bicyclic) bond motifs is 1. The molecule has 0 amide bonds. The summed E-state index contributed by atoms with van der Waals surface area (Å²) in [6.07, 6.45) is 1.94. The maximum atomic E-state index is 14.0. The number of hydrogen-bond acceptors (Lipinski definition) is 5. The van der Waals surface area contributed by atoms with Gasteiger partial charge in [-0.15, -0.1) is 0 Å². The van der Waals surface area contributed by atoms with Crippen LogP contribution in [0.4, 0.5) is 14.5 Å². The molecule has 0 N–H and O–H groups in total. The van der Waals surface area contributed by atoms with Crippen LogP contribution in [0.3, 0.4) is 0 Å². The van der Waals surface area contributed by atoms with Gasteiger partial charge in [0, 0.05) is 19.2 Å². The average molecular weight is 506 g/mol. The number of ketones is 1. The second-order valence-corrected chi connectivity index (χ2v) is 12.0. The molecule has 0 saturated carbocycles. The van der Waals surface area contributed by atoms with Crippen molar-refractivity contribution in [3.8, 4) is 0 Å². The number of carbonyl (C=O) groups is 1. The number of aryl methyl sites for hydroxylation is 1. The second-order valence-electron chi connectivity index (χ2n) is 8.08. The molecule has 0 aliphatic carbocycles. The fourth-order valence-corrected chi connectivity index (χ4v) is 6.13. The Hall–Kier alpha value is -3.11. The van der Waals surface area contributed by atoms with E-state index in [-0.39, 0.29) is 22.8 Å². The van der Waals surface area contributed by atoms with Gasteiger partial charge in [0.15, 0.2) is 15.6 Å². The molecule has 4 rings (SSSR count). The third-order valence-corrected chi connectivity index (χ3v) is 8.63. The van der Waals surface area contributed by atoms with Gasteiger partial charge < -0.3 is 0 Å². The molecule has 34 heavy (non-hydrogen) atoms. The summed E-state index contributed by atoms with van der Waals surface area (Å²) in [5.74, 6) is -2.66. The van der Waals surface area contributed by atoms with Crippen LogP contribution < -0.4 is 4.31 Å². The van der Waals surface area contributed by atoms with Gasteiger partial charge in [0.05, 0.1) is 21.0 Å². The number of nitrogens with zero attached hydrogens (tertiary/aromatic N) is 1. The first-order chi connectivity index (χ1) is 16.0. The molecule has 0 unspecified atom stereocenters.